The lowest BCUT2D eigenvalue weighted by molar-refractivity contribution is 0.710. The number of fused-ring (bicyclic) bond motifs is 1. The Balaban J connectivity index is 2.30. The molecule has 0 amide bonds. The molecule has 0 bridgehead atoms. The average molecular weight is 267 g/mol. The van der Waals surface area contributed by atoms with Gasteiger partial charge in [-0.1, -0.05) is 24.6 Å². The van der Waals surface area contributed by atoms with Crippen molar-refractivity contribution in [1.29, 1.82) is 0 Å². The van der Waals surface area contributed by atoms with Crippen molar-refractivity contribution < 1.29 is 0 Å². The molecule has 0 spiro atoms. The Hall–Kier alpha value is -1.83. The number of rotatable bonds is 1. The fraction of sp³-hybridized carbons (Fsp3) is 0.389. The van der Waals surface area contributed by atoms with Crippen molar-refractivity contribution in [2.45, 2.75) is 46.0 Å². The fourth-order valence-corrected chi connectivity index (χ4v) is 3.29. The SMILES string of the molecule is Cc1c2c(c(=O)n(-c3ccccc3)c1C)CCCCC2. The van der Waals surface area contributed by atoms with Crippen LogP contribution in [0.4, 0.5) is 0 Å². The van der Waals surface area contributed by atoms with Gasteiger partial charge in [0.05, 0.1) is 0 Å². The van der Waals surface area contributed by atoms with Crippen LogP contribution in [0, 0.1) is 13.8 Å². The van der Waals surface area contributed by atoms with Crippen molar-refractivity contribution in [2.24, 2.45) is 0 Å². The highest BCUT2D eigenvalue weighted by Crippen LogP contribution is 2.24. The summed E-state index contributed by atoms with van der Waals surface area (Å²) in [7, 11) is 0. The van der Waals surface area contributed by atoms with E-state index in [-0.39, 0.29) is 5.56 Å². The number of aromatic nitrogens is 1. The van der Waals surface area contributed by atoms with Crippen LogP contribution in [0.5, 0.6) is 0 Å². The van der Waals surface area contributed by atoms with Crippen LogP contribution in [-0.4, -0.2) is 4.57 Å². The Morgan fingerprint density at radius 2 is 1.55 bits per heavy atom. The van der Waals surface area contributed by atoms with Gasteiger partial charge in [0.2, 0.25) is 0 Å². The van der Waals surface area contributed by atoms with Gasteiger partial charge in [-0.3, -0.25) is 9.36 Å². The average Bonchev–Trinajstić information content (AvgIpc) is 2.72. The number of pyridine rings is 1. The van der Waals surface area contributed by atoms with Crippen LogP contribution in [0.3, 0.4) is 0 Å². The minimum Gasteiger partial charge on any atom is -0.281 e. The molecule has 1 aliphatic rings. The van der Waals surface area contributed by atoms with Crippen LogP contribution in [-0.2, 0) is 12.8 Å². The van der Waals surface area contributed by atoms with E-state index in [0.29, 0.717) is 0 Å². The standard InChI is InChI=1S/C18H21NO/c1-13-14(2)19(15-9-5-3-6-10-15)18(20)17-12-8-4-7-11-16(13)17/h3,5-6,9-10H,4,7-8,11-12H2,1-2H3. The zero-order valence-corrected chi connectivity index (χ0v) is 12.3. The van der Waals surface area contributed by atoms with E-state index in [4.69, 9.17) is 0 Å². The molecule has 1 aromatic carbocycles. The van der Waals surface area contributed by atoms with Crippen molar-refractivity contribution >= 4 is 0 Å². The van der Waals surface area contributed by atoms with Crippen LogP contribution in [0.25, 0.3) is 5.69 Å². The lowest BCUT2D eigenvalue weighted by atomic mass is 9.97. The molecule has 20 heavy (non-hydrogen) atoms. The molecule has 0 atom stereocenters. The topological polar surface area (TPSA) is 22.0 Å². The Morgan fingerprint density at radius 1 is 0.900 bits per heavy atom. The minimum absolute atomic E-state index is 0.191. The molecule has 0 radical (unpaired) electrons. The number of nitrogens with zero attached hydrogens (tertiary/aromatic N) is 1. The first kappa shape index (κ1) is 13.2. The van der Waals surface area contributed by atoms with E-state index in [0.717, 1.165) is 36.2 Å². The quantitative estimate of drug-likeness (QED) is 0.722. The molecule has 1 heterocycles. The first-order valence-corrected chi connectivity index (χ1v) is 7.49. The Bertz CT molecular complexity index is 683. The van der Waals surface area contributed by atoms with E-state index in [2.05, 4.69) is 13.8 Å². The smallest absolute Gasteiger partial charge is 0.258 e. The van der Waals surface area contributed by atoms with Gasteiger partial charge in [0.15, 0.2) is 0 Å². The minimum atomic E-state index is 0.191. The maximum absolute atomic E-state index is 12.9. The second-order valence-corrected chi connectivity index (χ2v) is 5.70. The van der Waals surface area contributed by atoms with E-state index in [1.165, 1.54) is 24.0 Å². The summed E-state index contributed by atoms with van der Waals surface area (Å²) in [6.07, 6.45) is 5.58. The van der Waals surface area contributed by atoms with Gasteiger partial charge in [0.25, 0.3) is 5.56 Å². The summed E-state index contributed by atoms with van der Waals surface area (Å²) in [5.41, 5.74) is 5.92. The maximum atomic E-state index is 12.9. The molecular weight excluding hydrogens is 246 g/mol. The van der Waals surface area contributed by atoms with Gasteiger partial charge < -0.3 is 0 Å². The zero-order chi connectivity index (χ0) is 14.1. The van der Waals surface area contributed by atoms with Gasteiger partial charge in [-0.25, -0.2) is 0 Å². The molecule has 0 fully saturated rings. The Labute approximate surface area is 120 Å². The molecule has 0 saturated heterocycles. The third-order valence-electron chi connectivity index (χ3n) is 4.52. The van der Waals surface area contributed by atoms with Crippen molar-refractivity contribution in [3.8, 4) is 5.69 Å². The molecule has 1 aliphatic carbocycles. The van der Waals surface area contributed by atoms with E-state index >= 15 is 0 Å². The largest absolute Gasteiger partial charge is 0.281 e. The zero-order valence-electron chi connectivity index (χ0n) is 12.3. The van der Waals surface area contributed by atoms with E-state index < -0.39 is 0 Å². The van der Waals surface area contributed by atoms with Gasteiger partial charge >= 0.3 is 0 Å². The van der Waals surface area contributed by atoms with Crippen molar-refractivity contribution in [3.05, 3.63) is 63.1 Å². The van der Waals surface area contributed by atoms with Gasteiger partial charge in [0.1, 0.15) is 0 Å². The molecule has 2 nitrogen and oxygen atoms in total. The summed E-state index contributed by atoms with van der Waals surface area (Å²) in [4.78, 5) is 12.9. The molecule has 1 aromatic heterocycles. The molecule has 3 rings (SSSR count). The highest BCUT2D eigenvalue weighted by Gasteiger charge is 2.19. The van der Waals surface area contributed by atoms with E-state index in [9.17, 15) is 4.79 Å². The highest BCUT2D eigenvalue weighted by atomic mass is 16.1. The predicted molar refractivity (Wildman–Crippen MR) is 82.8 cm³/mol. The number of hydrogen-bond donors (Lipinski definition) is 0. The lowest BCUT2D eigenvalue weighted by Crippen LogP contribution is -2.27. The van der Waals surface area contributed by atoms with Gasteiger partial charge in [-0.15, -0.1) is 0 Å². The third kappa shape index (κ3) is 2.09. The Kier molecular flexibility index (Phi) is 3.47. The molecule has 2 aromatic rings. The van der Waals surface area contributed by atoms with Crippen LogP contribution < -0.4 is 5.56 Å². The predicted octanol–water partition coefficient (Wildman–Crippen LogP) is 3.72. The van der Waals surface area contributed by atoms with Crippen LogP contribution >= 0.6 is 0 Å². The first-order chi connectivity index (χ1) is 9.70. The summed E-state index contributed by atoms with van der Waals surface area (Å²) in [6, 6.07) is 9.98. The summed E-state index contributed by atoms with van der Waals surface area (Å²) in [5, 5.41) is 0. The van der Waals surface area contributed by atoms with E-state index in [1.54, 1.807) is 0 Å². The molecule has 0 aliphatic heterocycles. The van der Waals surface area contributed by atoms with Crippen molar-refractivity contribution in [3.63, 3.8) is 0 Å². The summed E-state index contributed by atoms with van der Waals surface area (Å²) < 4.78 is 1.89. The summed E-state index contributed by atoms with van der Waals surface area (Å²) in [5.74, 6) is 0. The van der Waals surface area contributed by atoms with Crippen molar-refractivity contribution in [2.75, 3.05) is 0 Å². The normalized spacial score (nSPS) is 14.7. The van der Waals surface area contributed by atoms with Gasteiger partial charge in [-0.05, 0) is 62.8 Å². The number of hydrogen-bond acceptors (Lipinski definition) is 1. The highest BCUT2D eigenvalue weighted by molar-refractivity contribution is 5.43. The van der Waals surface area contributed by atoms with Crippen LogP contribution in [0.15, 0.2) is 35.1 Å². The van der Waals surface area contributed by atoms with E-state index in [1.807, 2.05) is 34.9 Å². The number of benzene rings is 1. The molecule has 0 N–H and O–H groups in total. The second-order valence-electron chi connectivity index (χ2n) is 5.70. The number of para-hydroxylation sites is 1. The monoisotopic (exact) mass is 267 g/mol. The lowest BCUT2D eigenvalue weighted by Gasteiger charge is -2.18. The molecule has 104 valence electrons. The Morgan fingerprint density at radius 3 is 2.25 bits per heavy atom. The second kappa shape index (κ2) is 5.28. The first-order valence-electron chi connectivity index (χ1n) is 7.49. The van der Waals surface area contributed by atoms with Crippen molar-refractivity contribution in [1.82, 2.24) is 4.57 Å². The summed E-state index contributed by atoms with van der Waals surface area (Å²) >= 11 is 0. The van der Waals surface area contributed by atoms with Gasteiger partial charge in [-0.2, -0.15) is 0 Å². The summed E-state index contributed by atoms with van der Waals surface area (Å²) in [6.45, 7) is 4.23. The van der Waals surface area contributed by atoms with Gasteiger partial charge in [0, 0.05) is 16.9 Å². The molecule has 2 heteroatoms. The molecule has 0 saturated carbocycles. The fourth-order valence-electron chi connectivity index (χ4n) is 3.29. The third-order valence-corrected chi connectivity index (χ3v) is 4.52. The molecule has 0 unspecified atom stereocenters. The molecular formula is C18H21NO. The maximum Gasteiger partial charge on any atom is 0.258 e. The van der Waals surface area contributed by atoms with Crippen LogP contribution in [0.1, 0.15) is 41.6 Å². The van der Waals surface area contributed by atoms with Crippen LogP contribution in [0.2, 0.25) is 0 Å².